The Labute approximate surface area is 139 Å². The van der Waals surface area contributed by atoms with Gasteiger partial charge in [-0.1, -0.05) is 30.3 Å². The highest BCUT2D eigenvalue weighted by molar-refractivity contribution is 7.89. The van der Waals surface area contributed by atoms with E-state index in [0.29, 0.717) is 12.2 Å². The van der Waals surface area contributed by atoms with E-state index in [1.54, 1.807) is 18.2 Å². The zero-order valence-electron chi connectivity index (χ0n) is 13.1. The molecule has 0 saturated carbocycles. The predicted octanol–water partition coefficient (Wildman–Crippen LogP) is 1.70. The summed E-state index contributed by atoms with van der Waals surface area (Å²) in [6.45, 7) is 0.422. The van der Waals surface area contributed by atoms with E-state index >= 15 is 0 Å². The number of sulfonamides is 1. The number of carbonyl (C=O) groups excluding carboxylic acids is 1. The Morgan fingerprint density at radius 1 is 1.12 bits per heavy atom. The van der Waals surface area contributed by atoms with Gasteiger partial charge in [-0.2, -0.15) is 0 Å². The second kappa shape index (κ2) is 6.10. The van der Waals surface area contributed by atoms with Gasteiger partial charge < -0.3 is 10.3 Å². The fourth-order valence-corrected chi connectivity index (χ4v) is 3.39. The first kappa shape index (κ1) is 16.2. The number of benzene rings is 2. The molecule has 0 spiro atoms. The van der Waals surface area contributed by atoms with Gasteiger partial charge in [-0.3, -0.25) is 4.79 Å². The zero-order chi connectivity index (χ0) is 17.3. The highest BCUT2D eigenvalue weighted by Gasteiger charge is 2.14. The monoisotopic (exact) mass is 343 g/mol. The van der Waals surface area contributed by atoms with E-state index in [4.69, 9.17) is 5.73 Å². The van der Waals surface area contributed by atoms with E-state index in [-0.39, 0.29) is 4.90 Å². The van der Waals surface area contributed by atoms with Crippen molar-refractivity contribution in [2.75, 3.05) is 7.05 Å². The van der Waals surface area contributed by atoms with E-state index < -0.39 is 15.9 Å². The summed E-state index contributed by atoms with van der Waals surface area (Å²) in [5.41, 5.74) is 7.67. The Morgan fingerprint density at radius 3 is 2.42 bits per heavy atom. The van der Waals surface area contributed by atoms with E-state index in [9.17, 15) is 13.2 Å². The first-order valence-corrected chi connectivity index (χ1v) is 8.81. The van der Waals surface area contributed by atoms with Crippen LogP contribution < -0.4 is 10.5 Å². The molecule has 0 aliphatic carbocycles. The number of carbonyl (C=O) groups is 1. The number of para-hydroxylation sites is 1. The zero-order valence-corrected chi connectivity index (χ0v) is 13.9. The SMILES string of the molecule is CNS(=O)(=O)c1ccc(Cn2c(C(N)=O)cc3ccccc32)cc1. The van der Waals surface area contributed by atoms with Crippen LogP contribution in [0, 0.1) is 0 Å². The number of nitrogens with two attached hydrogens (primary N) is 1. The molecule has 0 fully saturated rings. The molecule has 0 saturated heterocycles. The number of hydrogen-bond donors (Lipinski definition) is 2. The molecule has 0 aliphatic rings. The van der Waals surface area contributed by atoms with Crippen LogP contribution >= 0.6 is 0 Å². The molecule has 24 heavy (non-hydrogen) atoms. The lowest BCUT2D eigenvalue weighted by Crippen LogP contribution is -2.19. The highest BCUT2D eigenvalue weighted by atomic mass is 32.2. The Morgan fingerprint density at radius 2 is 1.79 bits per heavy atom. The second-order valence-corrected chi connectivity index (χ2v) is 7.28. The van der Waals surface area contributed by atoms with E-state index in [0.717, 1.165) is 16.5 Å². The third kappa shape index (κ3) is 2.91. The summed E-state index contributed by atoms with van der Waals surface area (Å²) in [4.78, 5) is 11.9. The number of primary amides is 1. The third-order valence-corrected chi connectivity index (χ3v) is 5.34. The van der Waals surface area contributed by atoms with Crippen LogP contribution in [-0.4, -0.2) is 25.9 Å². The summed E-state index contributed by atoms with van der Waals surface area (Å²) in [5.74, 6) is -0.499. The van der Waals surface area contributed by atoms with Gasteiger partial charge in [0.2, 0.25) is 10.0 Å². The number of aromatic nitrogens is 1. The van der Waals surface area contributed by atoms with Crippen LogP contribution in [0.1, 0.15) is 16.1 Å². The van der Waals surface area contributed by atoms with Crippen LogP contribution in [0.2, 0.25) is 0 Å². The quantitative estimate of drug-likeness (QED) is 0.738. The molecule has 6 nitrogen and oxygen atoms in total. The molecule has 7 heteroatoms. The lowest BCUT2D eigenvalue weighted by Gasteiger charge is -2.10. The van der Waals surface area contributed by atoms with Crippen LogP contribution in [0.5, 0.6) is 0 Å². The molecule has 1 heterocycles. The normalized spacial score (nSPS) is 11.7. The molecule has 0 atom stereocenters. The molecule has 0 aliphatic heterocycles. The lowest BCUT2D eigenvalue weighted by molar-refractivity contribution is 0.0992. The van der Waals surface area contributed by atoms with Crippen molar-refractivity contribution in [3.63, 3.8) is 0 Å². The Bertz CT molecular complexity index is 1010. The minimum atomic E-state index is -3.46. The van der Waals surface area contributed by atoms with Gasteiger partial charge in [-0.15, -0.1) is 0 Å². The molecule has 0 radical (unpaired) electrons. The number of nitrogens with zero attached hydrogens (tertiary/aromatic N) is 1. The maximum absolute atomic E-state index is 11.8. The average molecular weight is 343 g/mol. The summed E-state index contributed by atoms with van der Waals surface area (Å²) >= 11 is 0. The summed E-state index contributed by atoms with van der Waals surface area (Å²) in [7, 11) is -2.09. The first-order chi connectivity index (χ1) is 11.4. The van der Waals surface area contributed by atoms with E-state index in [2.05, 4.69) is 4.72 Å². The van der Waals surface area contributed by atoms with Gasteiger partial charge in [0.25, 0.3) is 5.91 Å². The van der Waals surface area contributed by atoms with Crippen molar-refractivity contribution < 1.29 is 13.2 Å². The maximum atomic E-state index is 11.8. The number of hydrogen-bond acceptors (Lipinski definition) is 3. The van der Waals surface area contributed by atoms with Gasteiger partial charge in [0.15, 0.2) is 0 Å². The number of amides is 1. The molecule has 3 aromatic rings. The van der Waals surface area contributed by atoms with Crippen molar-refractivity contribution in [1.82, 2.24) is 9.29 Å². The van der Waals surface area contributed by atoms with Crippen LogP contribution in [-0.2, 0) is 16.6 Å². The molecule has 2 aromatic carbocycles. The summed E-state index contributed by atoms with van der Waals surface area (Å²) in [6.07, 6.45) is 0. The smallest absolute Gasteiger partial charge is 0.265 e. The number of rotatable bonds is 5. The van der Waals surface area contributed by atoms with E-state index in [1.165, 1.54) is 19.2 Å². The van der Waals surface area contributed by atoms with Crippen molar-refractivity contribution in [3.05, 3.63) is 65.9 Å². The van der Waals surface area contributed by atoms with Gasteiger partial charge in [0.1, 0.15) is 5.69 Å². The van der Waals surface area contributed by atoms with Crippen molar-refractivity contribution in [2.45, 2.75) is 11.4 Å². The van der Waals surface area contributed by atoms with Gasteiger partial charge >= 0.3 is 0 Å². The minimum absolute atomic E-state index is 0.196. The molecule has 3 N–H and O–H groups in total. The van der Waals surface area contributed by atoms with Gasteiger partial charge in [-0.05, 0) is 36.9 Å². The van der Waals surface area contributed by atoms with Crippen LogP contribution in [0.4, 0.5) is 0 Å². The molecular weight excluding hydrogens is 326 g/mol. The van der Waals surface area contributed by atoms with Gasteiger partial charge in [0.05, 0.1) is 4.90 Å². The first-order valence-electron chi connectivity index (χ1n) is 7.33. The average Bonchev–Trinajstić information content (AvgIpc) is 2.94. The highest BCUT2D eigenvalue weighted by Crippen LogP contribution is 2.21. The molecule has 3 rings (SSSR count). The molecule has 1 amide bonds. The predicted molar refractivity (Wildman–Crippen MR) is 92.2 cm³/mol. The summed E-state index contributed by atoms with van der Waals surface area (Å²) < 4.78 is 27.6. The standard InChI is InChI=1S/C17H17N3O3S/c1-19-24(22,23)14-8-6-12(7-9-14)11-20-15-5-3-2-4-13(15)10-16(20)17(18)21/h2-10,19H,11H2,1H3,(H2,18,21). The fraction of sp³-hybridized carbons (Fsp3) is 0.118. The van der Waals surface area contributed by atoms with Crippen LogP contribution in [0.3, 0.4) is 0 Å². The van der Waals surface area contributed by atoms with Crippen molar-refractivity contribution in [2.24, 2.45) is 5.73 Å². The molecular formula is C17H17N3O3S. The second-order valence-electron chi connectivity index (χ2n) is 5.39. The molecule has 0 bridgehead atoms. The Kier molecular flexibility index (Phi) is 4.13. The largest absolute Gasteiger partial charge is 0.364 e. The molecule has 0 unspecified atom stereocenters. The summed E-state index contributed by atoms with van der Waals surface area (Å²) in [5, 5.41) is 0.931. The molecule has 124 valence electrons. The minimum Gasteiger partial charge on any atom is -0.364 e. The number of fused-ring (bicyclic) bond motifs is 1. The van der Waals surface area contributed by atoms with Crippen LogP contribution in [0.15, 0.2) is 59.5 Å². The van der Waals surface area contributed by atoms with Crippen molar-refractivity contribution >= 4 is 26.8 Å². The van der Waals surface area contributed by atoms with Crippen LogP contribution in [0.25, 0.3) is 10.9 Å². The Balaban J connectivity index is 2.01. The van der Waals surface area contributed by atoms with Crippen molar-refractivity contribution in [3.8, 4) is 0 Å². The Hall–Kier alpha value is -2.64. The lowest BCUT2D eigenvalue weighted by atomic mass is 10.2. The molecule has 1 aromatic heterocycles. The van der Waals surface area contributed by atoms with E-state index in [1.807, 2.05) is 28.8 Å². The fourth-order valence-electron chi connectivity index (χ4n) is 2.66. The van der Waals surface area contributed by atoms with Gasteiger partial charge in [0, 0.05) is 17.4 Å². The van der Waals surface area contributed by atoms with Gasteiger partial charge in [-0.25, -0.2) is 13.1 Å². The maximum Gasteiger partial charge on any atom is 0.265 e. The third-order valence-electron chi connectivity index (χ3n) is 3.91. The number of nitrogens with one attached hydrogen (secondary N) is 1. The van der Waals surface area contributed by atoms with Crippen molar-refractivity contribution in [1.29, 1.82) is 0 Å². The topological polar surface area (TPSA) is 94.2 Å². The summed E-state index contributed by atoms with van der Waals surface area (Å²) in [6, 6.07) is 15.9.